The van der Waals surface area contributed by atoms with Gasteiger partial charge in [0.05, 0.1) is 0 Å². The topological polar surface area (TPSA) is 12.0 Å². The molecule has 0 bridgehead atoms. The number of nitrogens with one attached hydrogen (secondary N) is 1. The number of hydrogen-bond donors (Lipinski definition) is 1. The van der Waals surface area contributed by atoms with Crippen molar-refractivity contribution in [2.45, 2.75) is 51.1 Å². The molecule has 1 nitrogen and oxygen atoms in total. The van der Waals surface area contributed by atoms with Crippen LogP contribution in [0.5, 0.6) is 0 Å². The van der Waals surface area contributed by atoms with Crippen LogP contribution in [-0.4, -0.2) is 6.04 Å². The van der Waals surface area contributed by atoms with Crippen LogP contribution in [0.25, 0.3) is 0 Å². The predicted molar refractivity (Wildman–Crippen MR) is 63.1 cm³/mol. The third-order valence-electron chi connectivity index (χ3n) is 3.83. The van der Waals surface area contributed by atoms with Gasteiger partial charge in [0.1, 0.15) is 0 Å². The van der Waals surface area contributed by atoms with Crippen molar-refractivity contribution in [3.05, 3.63) is 34.9 Å². The van der Waals surface area contributed by atoms with E-state index in [9.17, 15) is 0 Å². The second-order valence-corrected chi connectivity index (χ2v) is 5.21. The van der Waals surface area contributed by atoms with Gasteiger partial charge in [0, 0.05) is 12.1 Å². The molecule has 1 saturated carbocycles. The lowest BCUT2D eigenvalue weighted by molar-refractivity contribution is 0.503. The Morgan fingerprint density at radius 3 is 2.80 bits per heavy atom. The van der Waals surface area contributed by atoms with Crippen LogP contribution in [0.4, 0.5) is 0 Å². The lowest BCUT2D eigenvalue weighted by Gasteiger charge is -2.13. The van der Waals surface area contributed by atoms with E-state index in [1.165, 1.54) is 24.8 Å². The van der Waals surface area contributed by atoms with Crippen molar-refractivity contribution in [3.8, 4) is 0 Å². The summed E-state index contributed by atoms with van der Waals surface area (Å²) in [7, 11) is 0. The summed E-state index contributed by atoms with van der Waals surface area (Å²) < 4.78 is 0. The zero-order valence-electron chi connectivity index (χ0n) is 9.59. The molecule has 0 aliphatic heterocycles. The van der Waals surface area contributed by atoms with Gasteiger partial charge in [-0.3, -0.25) is 0 Å². The van der Waals surface area contributed by atoms with Crippen molar-refractivity contribution < 1.29 is 0 Å². The average Bonchev–Trinajstić information content (AvgIpc) is 2.94. The highest BCUT2D eigenvalue weighted by atomic mass is 15.0. The molecule has 1 aromatic carbocycles. The van der Waals surface area contributed by atoms with Gasteiger partial charge in [0.25, 0.3) is 0 Å². The summed E-state index contributed by atoms with van der Waals surface area (Å²) in [6.07, 6.45) is 4.05. The molecule has 0 saturated heterocycles. The van der Waals surface area contributed by atoms with E-state index in [0.29, 0.717) is 6.04 Å². The fourth-order valence-corrected chi connectivity index (χ4v) is 2.97. The van der Waals surface area contributed by atoms with Crippen LogP contribution in [0.15, 0.2) is 18.2 Å². The molecule has 1 heteroatoms. The third-order valence-corrected chi connectivity index (χ3v) is 3.83. The molecule has 2 aliphatic rings. The fourth-order valence-electron chi connectivity index (χ4n) is 2.97. The molecule has 2 atom stereocenters. The minimum Gasteiger partial charge on any atom is -0.307 e. The Hall–Kier alpha value is -0.820. The molecule has 0 aromatic heterocycles. The molecule has 1 N–H and O–H groups in total. The molecule has 0 amide bonds. The van der Waals surface area contributed by atoms with Gasteiger partial charge < -0.3 is 5.32 Å². The summed E-state index contributed by atoms with van der Waals surface area (Å²) in [5.41, 5.74) is 4.64. The Balaban J connectivity index is 1.94. The first kappa shape index (κ1) is 9.41. The Kier molecular flexibility index (Phi) is 2.10. The van der Waals surface area contributed by atoms with Gasteiger partial charge in [0.2, 0.25) is 0 Å². The minimum absolute atomic E-state index is 0.627. The van der Waals surface area contributed by atoms with Crippen molar-refractivity contribution in [1.29, 1.82) is 0 Å². The zero-order chi connectivity index (χ0) is 10.4. The molecule has 0 radical (unpaired) electrons. The van der Waals surface area contributed by atoms with Gasteiger partial charge in [-0.05, 0) is 48.8 Å². The first-order valence-corrected chi connectivity index (χ1v) is 6.11. The van der Waals surface area contributed by atoms with Crippen molar-refractivity contribution in [2.24, 2.45) is 0 Å². The van der Waals surface area contributed by atoms with E-state index in [0.717, 1.165) is 12.0 Å². The third kappa shape index (κ3) is 1.59. The lowest BCUT2D eigenvalue weighted by atomic mass is 9.98. The second kappa shape index (κ2) is 3.34. The molecule has 0 heterocycles. The summed E-state index contributed by atoms with van der Waals surface area (Å²) in [5.74, 6) is 0.734. The van der Waals surface area contributed by atoms with Gasteiger partial charge >= 0.3 is 0 Å². The highest BCUT2D eigenvalue weighted by Gasteiger charge is 2.33. The number of rotatable bonds is 2. The van der Waals surface area contributed by atoms with E-state index < -0.39 is 0 Å². The summed E-state index contributed by atoms with van der Waals surface area (Å²) >= 11 is 0. The van der Waals surface area contributed by atoms with E-state index in [1.54, 1.807) is 11.1 Å². The molecule has 80 valence electrons. The molecule has 15 heavy (non-hydrogen) atoms. The molecule has 1 aromatic rings. The molecule has 1 fully saturated rings. The van der Waals surface area contributed by atoms with Gasteiger partial charge in [-0.15, -0.1) is 0 Å². The molecule has 0 spiro atoms. The Bertz CT molecular complexity index is 379. The van der Waals surface area contributed by atoms with Crippen molar-refractivity contribution in [3.63, 3.8) is 0 Å². The Labute approximate surface area is 91.9 Å². The Morgan fingerprint density at radius 2 is 2.07 bits per heavy atom. The van der Waals surface area contributed by atoms with Crippen LogP contribution < -0.4 is 5.32 Å². The number of aryl methyl sites for hydroxylation is 1. The molecular weight excluding hydrogens is 182 g/mol. The summed E-state index contributed by atoms with van der Waals surface area (Å²) in [6.45, 7) is 4.61. The van der Waals surface area contributed by atoms with Crippen LogP contribution in [-0.2, 0) is 0 Å². The van der Waals surface area contributed by atoms with Crippen LogP contribution in [0.3, 0.4) is 0 Å². The smallest absolute Gasteiger partial charge is 0.0331 e. The van der Waals surface area contributed by atoms with Gasteiger partial charge in [-0.1, -0.05) is 25.1 Å². The van der Waals surface area contributed by atoms with Crippen LogP contribution >= 0.6 is 0 Å². The van der Waals surface area contributed by atoms with E-state index in [-0.39, 0.29) is 0 Å². The lowest BCUT2D eigenvalue weighted by Crippen LogP contribution is -2.21. The summed E-state index contributed by atoms with van der Waals surface area (Å²) in [6, 6.07) is 8.20. The maximum atomic E-state index is 3.77. The standard InChI is InChI=1S/C14H19N/c1-9-4-3-5-12-13(15-11-6-7-11)8-10(2)14(9)12/h3-5,10-11,13,15H,6-8H2,1-2H3. The van der Waals surface area contributed by atoms with E-state index >= 15 is 0 Å². The number of benzene rings is 1. The van der Waals surface area contributed by atoms with E-state index in [4.69, 9.17) is 0 Å². The molecule has 3 rings (SSSR count). The fraction of sp³-hybridized carbons (Fsp3) is 0.571. The Morgan fingerprint density at radius 1 is 1.27 bits per heavy atom. The monoisotopic (exact) mass is 201 g/mol. The van der Waals surface area contributed by atoms with Gasteiger partial charge in [0.15, 0.2) is 0 Å². The van der Waals surface area contributed by atoms with Crippen LogP contribution in [0.1, 0.15) is 54.8 Å². The maximum Gasteiger partial charge on any atom is 0.0331 e. The van der Waals surface area contributed by atoms with E-state index in [1.807, 2.05) is 0 Å². The molecule has 2 aliphatic carbocycles. The second-order valence-electron chi connectivity index (χ2n) is 5.21. The first-order chi connectivity index (χ1) is 7.25. The summed E-state index contributed by atoms with van der Waals surface area (Å²) in [5, 5.41) is 3.77. The zero-order valence-corrected chi connectivity index (χ0v) is 9.59. The highest BCUT2D eigenvalue weighted by molar-refractivity contribution is 5.43. The van der Waals surface area contributed by atoms with Crippen LogP contribution in [0, 0.1) is 6.92 Å². The summed E-state index contributed by atoms with van der Waals surface area (Å²) in [4.78, 5) is 0. The average molecular weight is 201 g/mol. The normalized spacial score (nSPS) is 29.2. The first-order valence-electron chi connectivity index (χ1n) is 6.11. The van der Waals surface area contributed by atoms with Crippen LogP contribution in [0.2, 0.25) is 0 Å². The number of hydrogen-bond acceptors (Lipinski definition) is 1. The minimum atomic E-state index is 0.627. The van der Waals surface area contributed by atoms with Gasteiger partial charge in [-0.2, -0.15) is 0 Å². The molecule has 2 unspecified atom stereocenters. The molecular formula is C14H19N. The largest absolute Gasteiger partial charge is 0.307 e. The van der Waals surface area contributed by atoms with Crippen molar-refractivity contribution >= 4 is 0 Å². The quantitative estimate of drug-likeness (QED) is 0.774. The van der Waals surface area contributed by atoms with Gasteiger partial charge in [-0.25, -0.2) is 0 Å². The SMILES string of the molecule is Cc1cccc2c1C(C)CC2NC1CC1. The maximum absolute atomic E-state index is 3.77. The van der Waals surface area contributed by atoms with Crippen molar-refractivity contribution in [1.82, 2.24) is 5.32 Å². The predicted octanol–water partition coefficient (Wildman–Crippen LogP) is 3.30. The van der Waals surface area contributed by atoms with Crippen molar-refractivity contribution in [2.75, 3.05) is 0 Å². The van der Waals surface area contributed by atoms with E-state index in [2.05, 4.69) is 37.4 Å². The number of fused-ring (bicyclic) bond motifs is 1. The highest BCUT2D eigenvalue weighted by Crippen LogP contribution is 2.42.